The molecule has 1 N–H and O–H groups in total. The molecule has 6 nitrogen and oxygen atoms in total. The van der Waals surface area contributed by atoms with Crippen molar-refractivity contribution in [1.29, 1.82) is 0 Å². The largest absolute Gasteiger partial charge is 0.497 e. The third-order valence-corrected chi connectivity index (χ3v) is 4.12. The molecule has 0 aliphatic carbocycles. The maximum absolute atomic E-state index is 12.5. The van der Waals surface area contributed by atoms with Crippen molar-refractivity contribution in [2.75, 3.05) is 7.11 Å². The number of carbonyl (C=O) groups is 2. The first-order valence-electron chi connectivity index (χ1n) is 8.61. The molecule has 0 saturated heterocycles. The minimum absolute atomic E-state index is 0.250. The highest BCUT2D eigenvalue weighted by Crippen LogP contribution is 2.23. The molecule has 0 fully saturated rings. The van der Waals surface area contributed by atoms with Gasteiger partial charge in [0.05, 0.1) is 18.9 Å². The van der Waals surface area contributed by atoms with Crippen LogP contribution in [0.3, 0.4) is 0 Å². The molecule has 7 heteroatoms. The molecular weight excluding hydrogens is 392 g/mol. The number of nitrogens with zero attached hydrogens (tertiary/aromatic N) is 1. The molecule has 3 aromatic carbocycles. The summed E-state index contributed by atoms with van der Waals surface area (Å²) >= 11 is 6.04. The van der Waals surface area contributed by atoms with Crippen LogP contribution >= 0.6 is 11.6 Å². The molecular formula is C22H17ClN2O4. The summed E-state index contributed by atoms with van der Waals surface area (Å²) in [5.41, 5.74) is 3.66. The number of hydrogen-bond acceptors (Lipinski definition) is 5. The molecule has 3 rings (SSSR count). The van der Waals surface area contributed by atoms with Gasteiger partial charge in [-0.3, -0.25) is 4.79 Å². The van der Waals surface area contributed by atoms with Crippen molar-refractivity contribution in [3.05, 3.63) is 94.5 Å². The summed E-state index contributed by atoms with van der Waals surface area (Å²) in [6.45, 7) is 0. The fourth-order valence-electron chi connectivity index (χ4n) is 2.44. The first-order valence-corrected chi connectivity index (χ1v) is 8.99. The molecule has 0 saturated carbocycles. The lowest BCUT2D eigenvalue weighted by Crippen LogP contribution is -2.17. The molecule has 0 unspecified atom stereocenters. The number of rotatable bonds is 6. The zero-order valence-electron chi connectivity index (χ0n) is 15.5. The van der Waals surface area contributed by atoms with E-state index in [-0.39, 0.29) is 11.7 Å². The summed E-state index contributed by atoms with van der Waals surface area (Å²) < 4.78 is 10.6. The normalized spacial score (nSPS) is 10.6. The van der Waals surface area contributed by atoms with Crippen molar-refractivity contribution in [3.8, 4) is 11.5 Å². The minimum atomic E-state index is -0.561. The number of esters is 1. The number of amides is 1. The number of methoxy groups -OCH3 is 1. The number of nitrogens with one attached hydrogen (secondary N) is 1. The Labute approximate surface area is 172 Å². The van der Waals surface area contributed by atoms with Gasteiger partial charge in [-0.15, -0.1) is 0 Å². The van der Waals surface area contributed by atoms with Gasteiger partial charge in [-0.25, -0.2) is 10.2 Å². The lowest BCUT2D eigenvalue weighted by atomic mass is 10.2. The van der Waals surface area contributed by atoms with Crippen molar-refractivity contribution in [2.45, 2.75) is 0 Å². The lowest BCUT2D eigenvalue weighted by molar-refractivity contribution is 0.0733. The molecule has 0 atom stereocenters. The molecule has 0 radical (unpaired) electrons. The molecule has 3 aromatic rings. The van der Waals surface area contributed by atoms with Crippen LogP contribution in [-0.2, 0) is 0 Å². The first kappa shape index (κ1) is 20.1. The Morgan fingerprint density at radius 3 is 2.48 bits per heavy atom. The average molecular weight is 409 g/mol. The monoisotopic (exact) mass is 408 g/mol. The van der Waals surface area contributed by atoms with Gasteiger partial charge in [0.1, 0.15) is 11.5 Å². The van der Waals surface area contributed by atoms with E-state index in [1.54, 1.807) is 66.7 Å². The Balaban J connectivity index is 1.75. The van der Waals surface area contributed by atoms with Gasteiger partial charge in [0.25, 0.3) is 5.91 Å². The van der Waals surface area contributed by atoms with Gasteiger partial charge < -0.3 is 9.47 Å². The van der Waals surface area contributed by atoms with E-state index in [0.29, 0.717) is 27.5 Å². The van der Waals surface area contributed by atoms with Gasteiger partial charge >= 0.3 is 5.97 Å². The second-order valence-electron chi connectivity index (χ2n) is 5.87. The highest BCUT2D eigenvalue weighted by atomic mass is 35.5. The molecule has 0 bridgehead atoms. The summed E-state index contributed by atoms with van der Waals surface area (Å²) in [4.78, 5) is 24.5. The third-order valence-electron chi connectivity index (χ3n) is 3.89. The van der Waals surface area contributed by atoms with Crippen molar-refractivity contribution in [2.24, 2.45) is 5.10 Å². The van der Waals surface area contributed by atoms with Crippen molar-refractivity contribution < 1.29 is 19.1 Å². The van der Waals surface area contributed by atoms with E-state index >= 15 is 0 Å². The Morgan fingerprint density at radius 2 is 1.72 bits per heavy atom. The molecule has 1 amide bonds. The number of hydrogen-bond donors (Lipinski definition) is 1. The Bertz CT molecular complexity index is 1050. The standard InChI is InChI=1S/C22H17ClN2O4/c1-28-19-9-5-8-16(13-19)22(27)29-20-11-10-18(23)12-17(20)14-24-25-21(26)15-6-3-2-4-7-15/h2-14H,1H3,(H,25,26)/b24-14+. The van der Waals surface area contributed by atoms with Crippen molar-refractivity contribution >= 4 is 29.7 Å². The van der Waals surface area contributed by atoms with E-state index in [1.807, 2.05) is 6.07 Å². The summed E-state index contributed by atoms with van der Waals surface area (Å²) in [6.07, 6.45) is 1.36. The van der Waals surface area contributed by atoms with Gasteiger partial charge in [0.2, 0.25) is 0 Å². The van der Waals surface area contributed by atoms with E-state index in [9.17, 15) is 9.59 Å². The maximum atomic E-state index is 12.5. The topological polar surface area (TPSA) is 77.0 Å². The molecule has 29 heavy (non-hydrogen) atoms. The van der Waals surface area contributed by atoms with Gasteiger partial charge in [0.15, 0.2) is 0 Å². The highest BCUT2D eigenvalue weighted by Gasteiger charge is 2.12. The maximum Gasteiger partial charge on any atom is 0.343 e. The van der Waals surface area contributed by atoms with E-state index in [1.165, 1.54) is 13.3 Å². The quantitative estimate of drug-likeness (QED) is 0.285. The predicted octanol–water partition coefficient (Wildman–Crippen LogP) is 4.33. The fraction of sp³-hybridized carbons (Fsp3) is 0.0455. The van der Waals surface area contributed by atoms with Crippen LogP contribution < -0.4 is 14.9 Å². The van der Waals surface area contributed by atoms with E-state index < -0.39 is 5.97 Å². The zero-order valence-corrected chi connectivity index (χ0v) is 16.2. The summed E-state index contributed by atoms with van der Waals surface area (Å²) in [5, 5.41) is 4.37. The molecule has 146 valence electrons. The average Bonchev–Trinajstić information content (AvgIpc) is 2.76. The van der Waals surface area contributed by atoms with Gasteiger partial charge in [-0.05, 0) is 48.5 Å². The van der Waals surface area contributed by atoms with Gasteiger partial charge in [0, 0.05) is 16.1 Å². The Kier molecular flexibility index (Phi) is 6.60. The van der Waals surface area contributed by atoms with Gasteiger partial charge in [-0.1, -0.05) is 35.9 Å². The third kappa shape index (κ3) is 5.43. The second kappa shape index (κ2) is 9.52. The number of ether oxygens (including phenoxy) is 2. The predicted molar refractivity (Wildman–Crippen MR) is 111 cm³/mol. The zero-order chi connectivity index (χ0) is 20.6. The SMILES string of the molecule is COc1cccc(C(=O)Oc2ccc(Cl)cc2/C=N/NC(=O)c2ccccc2)c1. The van der Waals surface area contributed by atoms with E-state index in [2.05, 4.69) is 10.5 Å². The van der Waals surface area contributed by atoms with Crippen LogP contribution in [0.15, 0.2) is 77.9 Å². The van der Waals surface area contributed by atoms with Crippen LogP contribution in [0, 0.1) is 0 Å². The number of benzene rings is 3. The van der Waals surface area contributed by atoms with Gasteiger partial charge in [-0.2, -0.15) is 5.10 Å². The summed E-state index contributed by atoms with van der Waals surface area (Å²) in [5.74, 6) is -0.131. The number of hydrazone groups is 1. The van der Waals surface area contributed by atoms with Crippen molar-refractivity contribution in [3.63, 3.8) is 0 Å². The molecule has 0 aliphatic heterocycles. The van der Waals surface area contributed by atoms with Crippen LogP contribution in [0.25, 0.3) is 0 Å². The van der Waals surface area contributed by atoms with E-state index in [0.717, 1.165) is 0 Å². The van der Waals surface area contributed by atoms with Crippen LogP contribution in [0.2, 0.25) is 5.02 Å². The smallest absolute Gasteiger partial charge is 0.343 e. The minimum Gasteiger partial charge on any atom is -0.497 e. The number of carbonyl (C=O) groups excluding carboxylic acids is 2. The second-order valence-corrected chi connectivity index (χ2v) is 6.31. The number of halogens is 1. The van der Waals surface area contributed by atoms with E-state index in [4.69, 9.17) is 21.1 Å². The molecule has 0 aromatic heterocycles. The molecule has 0 spiro atoms. The fourth-order valence-corrected chi connectivity index (χ4v) is 2.62. The molecule has 0 aliphatic rings. The Hall–Kier alpha value is -3.64. The van der Waals surface area contributed by atoms with Crippen LogP contribution in [0.1, 0.15) is 26.3 Å². The Morgan fingerprint density at radius 1 is 0.966 bits per heavy atom. The molecule has 0 heterocycles. The van der Waals surface area contributed by atoms with Crippen LogP contribution in [-0.4, -0.2) is 25.2 Å². The van der Waals surface area contributed by atoms with Crippen LogP contribution in [0.5, 0.6) is 11.5 Å². The van der Waals surface area contributed by atoms with Crippen molar-refractivity contribution in [1.82, 2.24) is 5.43 Å². The summed E-state index contributed by atoms with van der Waals surface area (Å²) in [6, 6.07) is 20.0. The van der Waals surface area contributed by atoms with Crippen LogP contribution in [0.4, 0.5) is 0 Å². The highest BCUT2D eigenvalue weighted by molar-refractivity contribution is 6.31. The first-order chi connectivity index (χ1) is 14.1. The summed E-state index contributed by atoms with van der Waals surface area (Å²) in [7, 11) is 1.52. The lowest BCUT2D eigenvalue weighted by Gasteiger charge is -2.09.